The Kier molecular flexibility index (Phi) is 8.45. The first-order valence-electron chi connectivity index (χ1n) is 11.8. The van der Waals surface area contributed by atoms with Crippen LogP contribution in [0.25, 0.3) is 11.1 Å². The standard InChI is InChI=1S/C28H29F6NO2/c1-4-27(13-14-27)16-22(36)21(15-26(2,3)31)35-24(28(32,33)34)20-11-7-18(8-12-20)17-5-9-19(10-6-17)23(37)25(29)30/h1,5-12,21,23-25,35,37H,13-16H2,2-3H3. The third-order valence-corrected chi connectivity index (χ3v) is 6.51. The number of hydrogen-bond donors (Lipinski definition) is 2. The van der Waals surface area contributed by atoms with Gasteiger partial charge in [0.05, 0.1) is 6.04 Å². The van der Waals surface area contributed by atoms with Crippen LogP contribution in [0, 0.1) is 17.8 Å². The van der Waals surface area contributed by atoms with E-state index in [1.165, 1.54) is 62.4 Å². The van der Waals surface area contributed by atoms with Crippen molar-refractivity contribution in [1.82, 2.24) is 5.32 Å². The smallest absolute Gasteiger partial charge is 0.382 e. The van der Waals surface area contributed by atoms with Crippen molar-refractivity contribution in [2.45, 2.75) is 76.0 Å². The van der Waals surface area contributed by atoms with Crippen LogP contribution in [0.15, 0.2) is 48.5 Å². The fourth-order valence-corrected chi connectivity index (χ4v) is 4.20. The van der Waals surface area contributed by atoms with Gasteiger partial charge < -0.3 is 5.11 Å². The van der Waals surface area contributed by atoms with Crippen LogP contribution in [-0.2, 0) is 4.79 Å². The number of aliphatic hydroxyl groups is 1. The maximum Gasteiger partial charge on any atom is 0.407 e. The number of ketones is 1. The van der Waals surface area contributed by atoms with Gasteiger partial charge in [-0.2, -0.15) is 13.2 Å². The van der Waals surface area contributed by atoms with Crippen LogP contribution >= 0.6 is 0 Å². The van der Waals surface area contributed by atoms with Gasteiger partial charge in [0.2, 0.25) is 0 Å². The van der Waals surface area contributed by atoms with E-state index in [2.05, 4.69) is 11.2 Å². The fourth-order valence-electron chi connectivity index (χ4n) is 4.20. The molecule has 0 aliphatic heterocycles. The Morgan fingerprint density at radius 1 is 1.00 bits per heavy atom. The third-order valence-electron chi connectivity index (χ3n) is 6.51. The molecular formula is C28H29F6NO2. The number of alkyl halides is 6. The SMILES string of the molecule is C#CC1(CC(=O)C(CC(C)(C)F)NC(c2ccc(-c3ccc(C(O)C(F)F)cc3)cc2)C(F)(F)F)CC1. The minimum Gasteiger partial charge on any atom is -0.382 e. The highest BCUT2D eigenvalue weighted by Crippen LogP contribution is 2.48. The van der Waals surface area contributed by atoms with Gasteiger partial charge in [-0.25, -0.2) is 13.2 Å². The first-order chi connectivity index (χ1) is 17.1. The quantitative estimate of drug-likeness (QED) is 0.253. The number of rotatable bonds is 11. The van der Waals surface area contributed by atoms with Crippen molar-refractivity contribution in [3.8, 4) is 23.5 Å². The monoisotopic (exact) mass is 525 g/mol. The van der Waals surface area contributed by atoms with E-state index < -0.39 is 54.1 Å². The van der Waals surface area contributed by atoms with E-state index in [4.69, 9.17) is 6.42 Å². The normalized spacial score (nSPS) is 17.6. The van der Waals surface area contributed by atoms with Crippen molar-refractivity contribution in [3.05, 3.63) is 59.7 Å². The summed E-state index contributed by atoms with van der Waals surface area (Å²) in [6.45, 7) is 2.40. The largest absolute Gasteiger partial charge is 0.407 e. The lowest BCUT2D eigenvalue weighted by atomic mass is 9.90. The highest BCUT2D eigenvalue weighted by atomic mass is 19.4. The summed E-state index contributed by atoms with van der Waals surface area (Å²) in [6.07, 6.45) is -3.54. The number of benzene rings is 2. The van der Waals surface area contributed by atoms with Crippen LogP contribution in [0.5, 0.6) is 0 Å². The van der Waals surface area contributed by atoms with E-state index in [-0.39, 0.29) is 17.5 Å². The van der Waals surface area contributed by atoms with E-state index in [1.807, 2.05) is 0 Å². The number of carbonyl (C=O) groups excluding carboxylic acids is 1. The summed E-state index contributed by atoms with van der Waals surface area (Å²) in [5.74, 6) is 1.98. The highest BCUT2D eigenvalue weighted by molar-refractivity contribution is 5.85. The molecule has 37 heavy (non-hydrogen) atoms. The number of nitrogens with one attached hydrogen (secondary N) is 1. The molecule has 3 atom stereocenters. The summed E-state index contributed by atoms with van der Waals surface area (Å²) in [6, 6.07) is 7.31. The van der Waals surface area contributed by atoms with E-state index in [0.29, 0.717) is 24.0 Å². The molecule has 0 radical (unpaired) electrons. The van der Waals surface area contributed by atoms with Crippen LogP contribution in [0.3, 0.4) is 0 Å². The van der Waals surface area contributed by atoms with Crippen molar-refractivity contribution < 1.29 is 36.2 Å². The molecule has 1 aliphatic carbocycles. The number of terminal acetylenes is 1. The Bertz CT molecular complexity index is 1110. The first kappa shape index (κ1) is 28.7. The number of hydrogen-bond acceptors (Lipinski definition) is 3. The maximum absolute atomic E-state index is 14.5. The van der Waals surface area contributed by atoms with Crippen LogP contribution in [0.4, 0.5) is 26.3 Å². The molecule has 0 amide bonds. The van der Waals surface area contributed by atoms with Crippen molar-refractivity contribution >= 4 is 5.78 Å². The van der Waals surface area contributed by atoms with Gasteiger partial charge >= 0.3 is 6.18 Å². The number of aliphatic hydroxyl groups excluding tert-OH is 1. The molecule has 2 N–H and O–H groups in total. The Balaban J connectivity index is 1.84. The zero-order valence-corrected chi connectivity index (χ0v) is 20.5. The lowest BCUT2D eigenvalue weighted by Crippen LogP contribution is -2.47. The molecule has 1 fully saturated rings. The predicted molar refractivity (Wildman–Crippen MR) is 128 cm³/mol. The average Bonchev–Trinajstić information content (AvgIpc) is 3.59. The molecule has 3 rings (SSSR count). The molecule has 0 heterocycles. The molecular weight excluding hydrogens is 496 g/mol. The Morgan fingerprint density at radius 2 is 1.49 bits per heavy atom. The zero-order valence-electron chi connectivity index (χ0n) is 20.5. The molecule has 200 valence electrons. The van der Waals surface area contributed by atoms with Gasteiger partial charge in [0.25, 0.3) is 6.43 Å². The Hall–Kier alpha value is -2.83. The van der Waals surface area contributed by atoms with Gasteiger partial charge in [0.1, 0.15) is 17.8 Å². The molecule has 0 aromatic heterocycles. The lowest BCUT2D eigenvalue weighted by Gasteiger charge is -2.30. The van der Waals surface area contributed by atoms with Gasteiger partial charge in [0.15, 0.2) is 5.78 Å². The third kappa shape index (κ3) is 7.59. The molecule has 9 heteroatoms. The maximum atomic E-state index is 14.5. The molecule has 0 saturated heterocycles. The second-order valence-corrected chi connectivity index (χ2v) is 10.2. The molecule has 1 aliphatic rings. The summed E-state index contributed by atoms with van der Waals surface area (Å²) in [5.41, 5.74) is -1.65. The number of carbonyl (C=O) groups is 1. The summed E-state index contributed by atoms with van der Waals surface area (Å²) >= 11 is 0. The summed E-state index contributed by atoms with van der Waals surface area (Å²) < 4.78 is 82.2. The van der Waals surface area contributed by atoms with E-state index in [9.17, 15) is 36.2 Å². The van der Waals surface area contributed by atoms with Gasteiger partial charge in [-0.05, 0) is 48.9 Å². The lowest BCUT2D eigenvalue weighted by molar-refractivity contribution is -0.161. The van der Waals surface area contributed by atoms with Crippen LogP contribution in [-0.4, -0.2) is 35.2 Å². The topological polar surface area (TPSA) is 49.3 Å². The van der Waals surface area contributed by atoms with Crippen LogP contribution in [0.1, 0.15) is 62.8 Å². The Labute approximate surface area is 212 Å². The van der Waals surface area contributed by atoms with Crippen LogP contribution < -0.4 is 5.32 Å². The van der Waals surface area contributed by atoms with Crippen molar-refractivity contribution in [3.63, 3.8) is 0 Å². The second-order valence-electron chi connectivity index (χ2n) is 10.2. The molecule has 2 aromatic rings. The molecule has 0 spiro atoms. The van der Waals surface area contributed by atoms with Gasteiger partial charge in [0, 0.05) is 18.3 Å². The van der Waals surface area contributed by atoms with Crippen LogP contribution in [0.2, 0.25) is 0 Å². The van der Waals surface area contributed by atoms with Crippen molar-refractivity contribution in [2.75, 3.05) is 0 Å². The second kappa shape index (κ2) is 10.9. The number of halogens is 6. The van der Waals surface area contributed by atoms with Gasteiger partial charge in [-0.15, -0.1) is 6.42 Å². The molecule has 3 nitrogen and oxygen atoms in total. The van der Waals surface area contributed by atoms with E-state index in [1.54, 1.807) is 0 Å². The van der Waals surface area contributed by atoms with Crippen molar-refractivity contribution in [2.24, 2.45) is 5.41 Å². The first-order valence-corrected chi connectivity index (χ1v) is 11.8. The summed E-state index contributed by atoms with van der Waals surface area (Å²) in [4.78, 5) is 12.9. The molecule has 3 unspecified atom stereocenters. The minimum atomic E-state index is -4.78. The Morgan fingerprint density at radius 3 is 1.86 bits per heavy atom. The van der Waals surface area contributed by atoms with Crippen molar-refractivity contribution in [1.29, 1.82) is 0 Å². The summed E-state index contributed by atoms with van der Waals surface area (Å²) in [5, 5.41) is 11.8. The van der Waals surface area contributed by atoms with Gasteiger partial charge in [-0.1, -0.05) is 54.5 Å². The van der Waals surface area contributed by atoms with E-state index >= 15 is 0 Å². The predicted octanol–water partition coefficient (Wildman–Crippen LogP) is 6.72. The fraction of sp³-hybridized carbons (Fsp3) is 0.464. The summed E-state index contributed by atoms with van der Waals surface area (Å²) in [7, 11) is 0. The highest BCUT2D eigenvalue weighted by Gasteiger charge is 2.47. The van der Waals surface area contributed by atoms with Gasteiger partial charge in [-0.3, -0.25) is 10.1 Å². The van der Waals surface area contributed by atoms with E-state index in [0.717, 1.165) is 0 Å². The molecule has 1 saturated carbocycles. The minimum absolute atomic E-state index is 0.0148. The molecule has 2 aromatic carbocycles. The number of Topliss-reactive ketones (excluding diaryl/α,β-unsaturated/α-hetero) is 1. The average molecular weight is 526 g/mol. The molecule has 0 bridgehead atoms. The zero-order chi connectivity index (χ0) is 27.6.